The molecule has 26 heavy (non-hydrogen) atoms. The summed E-state index contributed by atoms with van der Waals surface area (Å²) in [6.07, 6.45) is 1.30. The Morgan fingerprint density at radius 3 is 2.69 bits per heavy atom. The minimum Gasteiger partial charge on any atom is -0.358 e. The van der Waals surface area contributed by atoms with Gasteiger partial charge in [-0.05, 0) is 18.2 Å². The smallest absolute Gasteiger partial charge is 0.287 e. The summed E-state index contributed by atoms with van der Waals surface area (Å²) in [5.74, 6) is -1.28. The van der Waals surface area contributed by atoms with Crippen molar-refractivity contribution >= 4 is 52.5 Å². The summed E-state index contributed by atoms with van der Waals surface area (Å²) >= 11 is 12.9. The molecule has 0 spiro atoms. The van der Waals surface area contributed by atoms with Crippen LogP contribution in [0.5, 0.6) is 0 Å². The molecule has 0 radical (unpaired) electrons. The highest BCUT2D eigenvalue weighted by atomic mass is 35.5. The van der Waals surface area contributed by atoms with Gasteiger partial charge in [-0.25, -0.2) is 9.07 Å². The molecule has 0 saturated carbocycles. The fourth-order valence-electron chi connectivity index (χ4n) is 1.80. The molecule has 0 atom stereocenters. The van der Waals surface area contributed by atoms with Crippen molar-refractivity contribution in [3.05, 3.63) is 50.6 Å². The maximum Gasteiger partial charge on any atom is 0.287 e. The van der Waals surface area contributed by atoms with E-state index in [-0.39, 0.29) is 27.4 Å². The average molecular weight is 419 g/mol. The molecule has 0 saturated heterocycles. The van der Waals surface area contributed by atoms with Crippen LogP contribution < -0.4 is 16.2 Å². The number of hydrogen-bond acceptors (Lipinski definition) is 5. The van der Waals surface area contributed by atoms with Crippen LogP contribution in [0.4, 0.5) is 10.1 Å². The van der Waals surface area contributed by atoms with Crippen molar-refractivity contribution in [3.63, 3.8) is 0 Å². The number of anilines is 1. The summed E-state index contributed by atoms with van der Waals surface area (Å²) in [5.41, 5.74) is -0.469. The molecular formula is C15H13Cl2FN4O3S. The van der Waals surface area contributed by atoms with Gasteiger partial charge in [0.2, 0.25) is 11.8 Å². The first-order valence-corrected chi connectivity index (χ1v) is 8.90. The zero-order chi connectivity index (χ0) is 19.3. The van der Waals surface area contributed by atoms with Crippen LogP contribution in [0.15, 0.2) is 34.1 Å². The monoisotopic (exact) mass is 418 g/mol. The number of nitrogens with zero attached hydrogens (tertiary/aromatic N) is 2. The lowest BCUT2D eigenvalue weighted by atomic mass is 10.3. The molecule has 0 bridgehead atoms. The van der Waals surface area contributed by atoms with E-state index in [9.17, 15) is 18.8 Å². The van der Waals surface area contributed by atoms with E-state index >= 15 is 0 Å². The fourth-order valence-corrected chi connectivity index (χ4v) is 3.09. The molecule has 1 aromatic heterocycles. The number of amides is 2. The molecule has 2 N–H and O–H groups in total. The Morgan fingerprint density at radius 1 is 1.31 bits per heavy atom. The minimum absolute atomic E-state index is 0.0256. The number of benzene rings is 1. The summed E-state index contributed by atoms with van der Waals surface area (Å²) in [6.45, 7) is -0.410. The summed E-state index contributed by atoms with van der Waals surface area (Å²) in [7, 11) is 1.49. The Balaban J connectivity index is 2.09. The molecule has 138 valence electrons. The molecule has 0 aliphatic carbocycles. The normalized spacial score (nSPS) is 10.5. The molecule has 0 unspecified atom stereocenters. The lowest BCUT2D eigenvalue weighted by Crippen LogP contribution is -2.30. The maximum atomic E-state index is 13.0. The van der Waals surface area contributed by atoms with Gasteiger partial charge in [0.25, 0.3) is 5.56 Å². The molecule has 11 heteroatoms. The van der Waals surface area contributed by atoms with E-state index in [1.165, 1.54) is 19.3 Å². The average Bonchev–Trinajstić information content (AvgIpc) is 2.60. The zero-order valence-corrected chi connectivity index (χ0v) is 15.7. The van der Waals surface area contributed by atoms with Crippen molar-refractivity contribution in [2.24, 2.45) is 0 Å². The Bertz CT molecular complexity index is 907. The highest BCUT2D eigenvalue weighted by molar-refractivity contribution is 8.00. The van der Waals surface area contributed by atoms with Gasteiger partial charge >= 0.3 is 0 Å². The summed E-state index contributed by atoms with van der Waals surface area (Å²) in [5, 5.41) is 8.66. The molecule has 1 heterocycles. The van der Waals surface area contributed by atoms with Gasteiger partial charge in [-0.3, -0.25) is 14.4 Å². The van der Waals surface area contributed by atoms with E-state index in [1.54, 1.807) is 0 Å². The number of rotatable bonds is 6. The molecule has 2 rings (SSSR count). The third-order valence-electron chi connectivity index (χ3n) is 3.09. The fraction of sp³-hybridized carbons (Fsp3) is 0.200. The van der Waals surface area contributed by atoms with Gasteiger partial charge in [-0.1, -0.05) is 23.2 Å². The summed E-state index contributed by atoms with van der Waals surface area (Å²) in [6, 6.07) is 3.50. The van der Waals surface area contributed by atoms with Crippen molar-refractivity contribution in [1.82, 2.24) is 15.1 Å². The van der Waals surface area contributed by atoms with Crippen LogP contribution in [0, 0.1) is 5.82 Å². The van der Waals surface area contributed by atoms with Gasteiger partial charge in [-0.2, -0.15) is 5.10 Å². The van der Waals surface area contributed by atoms with E-state index in [1.807, 2.05) is 0 Å². The maximum absolute atomic E-state index is 13.0. The van der Waals surface area contributed by atoms with E-state index in [0.29, 0.717) is 4.90 Å². The number of aromatic nitrogens is 2. The number of carbonyl (C=O) groups excluding carboxylic acids is 2. The molecule has 0 aliphatic heterocycles. The van der Waals surface area contributed by atoms with Crippen LogP contribution >= 0.6 is 35.0 Å². The summed E-state index contributed by atoms with van der Waals surface area (Å²) in [4.78, 5) is 35.8. The number of halogens is 3. The zero-order valence-electron chi connectivity index (χ0n) is 13.4. The molecule has 7 nitrogen and oxygen atoms in total. The highest BCUT2D eigenvalue weighted by Crippen LogP contribution is 2.23. The molecule has 2 aromatic rings. The second kappa shape index (κ2) is 9.02. The van der Waals surface area contributed by atoms with Gasteiger partial charge in [0.1, 0.15) is 17.4 Å². The highest BCUT2D eigenvalue weighted by Gasteiger charge is 2.14. The van der Waals surface area contributed by atoms with Crippen molar-refractivity contribution in [2.45, 2.75) is 11.4 Å². The van der Waals surface area contributed by atoms with Gasteiger partial charge in [0.15, 0.2) is 0 Å². The van der Waals surface area contributed by atoms with E-state index < -0.39 is 23.8 Å². The lowest BCUT2D eigenvalue weighted by Gasteiger charge is -2.09. The predicted molar refractivity (Wildman–Crippen MR) is 98.3 cm³/mol. The van der Waals surface area contributed by atoms with Gasteiger partial charge < -0.3 is 10.6 Å². The number of carbonyl (C=O) groups is 2. The van der Waals surface area contributed by atoms with Crippen LogP contribution in [0.2, 0.25) is 10.0 Å². The second-order valence-corrected chi connectivity index (χ2v) is 6.72. The van der Waals surface area contributed by atoms with Gasteiger partial charge in [-0.15, -0.1) is 11.8 Å². The molecule has 0 fully saturated rings. The Morgan fingerprint density at radius 2 is 2.04 bits per heavy atom. The van der Waals surface area contributed by atoms with Crippen LogP contribution in [-0.2, 0) is 16.1 Å². The van der Waals surface area contributed by atoms with Crippen LogP contribution in [0.3, 0.4) is 0 Å². The van der Waals surface area contributed by atoms with Crippen molar-refractivity contribution in [3.8, 4) is 0 Å². The van der Waals surface area contributed by atoms with Crippen LogP contribution in [0.1, 0.15) is 0 Å². The molecule has 2 amide bonds. The Kier molecular flexibility index (Phi) is 7.01. The minimum atomic E-state index is -0.672. The first kappa shape index (κ1) is 20.2. The van der Waals surface area contributed by atoms with Crippen molar-refractivity contribution in [1.29, 1.82) is 0 Å². The predicted octanol–water partition coefficient (Wildman–Crippen LogP) is 2.17. The quantitative estimate of drug-likeness (QED) is 0.701. The number of thioether (sulfide) groups is 1. The Labute approximate surface area is 161 Å². The Hall–Kier alpha value is -2.10. The van der Waals surface area contributed by atoms with E-state index in [0.717, 1.165) is 28.6 Å². The third-order valence-corrected chi connectivity index (χ3v) is 4.91. The SMILES string of the molecule is CNC(=O)CSc1cnn(CC(=O)Nc2ccc(F)cc2Cl)c(=O)c1Cl. The largest absolute Gasteiger partial charge is 0.358 e. The third kappa shape index (κ3) is 5.20. The standard InChI is InChI=1S/C15H13Cl2FN4O3S/c1-19-13(24)7-26-11-5-20-22(15(25)14(11)17)6-12(23)21-10-3-2-8(18)4-9(10)16/h2-5H,6-7H2,1H3,(H,19,24)(H,21,23). The number of nitrogens with one attached hydrogen (secondary N) is 2. The van der Waals surface area contributed by atoms with Crippen molar-refractivity contribution in [2.75, 3.05) is 18.1 Å². The van der Waals surface area contributed by atoms with Crippen LogP contribution in [-0.4, -0.2) is 34.4 Å². The molecular weight excluding hydrogens is 406 g/mol. The van der Waals surface area contributed by atoms with E-state index in [2.05, 4.69) is 15.7 Å². The van der Waals surface area contributed by atoms with Gasteiger partial charge in [0.05, 0.1) is 27.6 Å². The second-order valence-electron chi connectivity index (χ2n) is 4.92. The topological polar surface area (TPSA) is 93.1 Å². The summed E-state index contributed by atoms with van der Waals surface area (Å²) < 4.78 is 13.9. The molecule has 0 aliphatic rings. The first-order valence-electron chi connectivity index (χ1n) is 7.15. The number of hydrogen-bond donors (Lipinski definition) is 2. The van der Waals surface area contributed by atoms with Crippen molar-refractivity contribution < 1.29 is 14.0 Å². The lowest BCUT2D eigenvalue weighted by molar-refractivity contribution is -0.118. The van der Waals surface area contributed by atoms with E-state index in [4.69, 9.17) is 23.2 Å². The molecule has 1 aromatic carbocycles. The first-order chi connectivity index (χ1) is 12.3. The van der Waals surface area contributed by atoms with Crippen LogP contribution in [0.25, 0.3) is 0 Å². The van der Waals surface area contributed by atoms with Gasteiger partial charge in [0, 0.05) is 7.05 Å².